The van der Waals surface area contributed by atoms with Crippen LogP contribution in [-0.2, 0) is 17.8 Å². The summed E-state index contributed by atoms with van der Waals surface area (Å²) in [6.07, 6.45) is 9.61. The minimum absolute atomic E-state index is 0.775. The second kappa shape index (κ2) is 7.58. The molecule has 0 saturated heterocycles. The lowest BCUT2D eigenvalue weighted by atomic mass is 10.4. The zero-order valence-electron chi connectivity index (χ0n) is 11.3. The van der Waals surface area contributed by atoms with Gasteiger partial charge in [-0.2, -0.15) is 5.10 Å². The average molecular weight is 263 g/mol. The van der Waals surface area contributed by atoms with Crippen molar-refractivity contribution < 1.29 is 4.74 Å². The van der Waals surface area contributed by atoms with Gasteiger partial charge >= 0.3 is 0 Å². The highest BCUT2D eigenvalue weighted by molar-refractivity contribution is 5.25. The van der Waals surface area contributed by atoms with Crippen molar-refractivity contribution in [2.24, 2.45) is 0 Å². The molecule has 0 saturated carbocycles. The van der Waals surface area contributed by atoms with Gasteiger partial charge in [0.25, 0.3) is 0 Å². The van der Waals surface area contributed by atoms with E-state index in [2.05, 4.69) is 20.0 Å². The number of hydrogen-bond acceptors (Lipinski definition) is 4. The van der Waals surface area contributed by atoms with Crippen molar-refractivity contribution in [3.8, 4) is 0 Å². The van der Waals surface area contributed by atoms with Gasteiger partial charge in [0.1, 0.15) is 0 Å². The highest BCUT2D eigenvalue weighted by Crippen LogP contribution is 2.05. The average Bonchev–Trinajstić information content (AvgIpc) is 3.06. The highest BCUT2D eigenvalue weighted by Gasteiger charge is 2.01. The summed E-state index contributed by atoms with van der Waals surface area (Å²) in [6.45, 7) is 3.51. The largest absolute Gasteiger partial charge is 0.385 e. The maximum Gasteiger partial charge on any atom is 0.202 e. The van der Waals surface area contributed by atoms with Gasteiger partial charge in [-0.05, 0) is 18.9 Å². The Morgan fingerprint density at radius 2 is 2.16 bits per heavy atom. The first kappa shape index (κ1) is 13.6. The predicted octanol–water partition coefficient (Wildman–Crippen LogP) is 1.62. The van der Waals surface area contributed by atoms with Crippen LogP contribution in [0.5, 0.6) is 0 Å². The minimum Gasteiger partial charge on any atom is -0.385 e. The Kier molecular flexibility index (Phi) is 5.43. The second-order valence-corrected chi connectivity index (χ2v) is 4.34. The number of nitrogens with one attached hydrogen (secondary N) is 1. The number of nitrogens with zero attached hydrogens (tertiary/aromatic N) is 4. The van der Waals surface area contributed by atoms with E-state index >= 15 is 0 Å². The molecule has 0 amide bonds. The molecular formula is C13H21N5O. The summed E-state index contributed by atoms with van der Waals surface area (Å²) in [4.78, 5) is 4.32. The number of imidazole rings is 1. The van der Waals surface area contributed by atoms with E-state index in [1.165, 1.54) is 0 Å². The molecule has 0 radical (unpaired) electrons. The Balaban J connectivity index is 1.69. The number of methoxy groups -OCH3 is 1. The number of aryl methyl sites for hydroxylation is 2. The molecule has 2 rings (SSSR count). The van der Waals surface area contributed by atoms with E-state index in [1.807, 2.05) is 29.3 Å². The minimum atomic E-state index is 0.775. The number of ether oxygens (including phenoxy) is 1. The third-order valence-corrected chi connectivity index (χ3v) is 2.87. The molecule has 0 aromatic carbocycles. The van der Waals surface area contributed by atoms with Gasteiger partial charge in [0.2, 0.25) is 5.95 Å². The number of anilines is 1. The summed E-state index contributed by atoms with van der Waals surface area (Å²) in [6, 6.07) is 1.94. The van der Waals surface area contributed by atoms with E-state index in [1.54, 1.807) is 13.3 Å². The molecule has 6 nitrogen and oxygen atoms in total. The van der Waals surface area contributed by atoms with E-state index in [0.29, 0.717) is 0 Å². The van der Waals surface area contributed by atoms with Gasteiger partial charge in [0.15, 0.2) is 0 Å². The number of rotatable bonds is 9. The first-order chi connectivity index (χ1) is 9.40. The zero-order valence-corrected chi connectivity index (χ0v) is 11.3. The molecule has 6 heteroatoms. The number of hydrogen-bond donors (Lipinski definition) is 1. The predicted molar refractivity (Wildman–Crippen MR) is 74.1 cm³/mol. The van der Waals surface area contributed by atoms with Crippen molar-refractivity contribution in [2.75, 3.05) is 25.6 Å². The van der Waals surface area contributed by atoms with Crippen LogP contribution in [0.15, 0.2) is 30.9 Å². The third kappa shape index (κ3) is 4.40. The van der Waals surface area contributed by atoms with Crippen molar-refractivity contribution >= 4 is 5.95 Å². The van der Waals surface area contributed by atoms with Gasteiger partial charge in [0, 0.05) is 58.1 Å². The van der Waals surface area contributed by atoms with Crippen molar-refractivity contribution in [3.63, 3.8) is 0 Å². The Labute approximate surface area is 113 Å². The molecule has 0 bridgehead atoms. The topological polar surface area (TPSA) is 56.9 Å². The quantitative estimate of drug-likeness (QED) is 0.698. The normalized spacial score (nSPS) is 10.8. The van der Waals surface area contributed by atoms with Crippen LogP contribution >= 0.6 is 0 Å². The molecule has 0 spiro atoms. The van der Waals surface area contributed by atoms with Crippen LogP contribution < -0.4 is 5.32 Å². The van der Waals surface area contributed by atoms with Crippen LogP contribution in [0, 0.1) is 0 Å². The van der Waals surface area contributed by atoms with Crippen LogP contribution in [0.3, 0.4) is 0 Å². The summed E-state index contributed by atoms with van der Waals surface area (Å²) in [5, 5.41) is 7.52. The maximum atomic E-state index is 5.06. The summed E-state index contributed by atoms with van der Waals surface area (Å²) in [5.74, 6) is 0.927. The van der Waals surface area contributed by atoms with Crippen molar-refractivity contribution in [1.82, 2.24) is 19.3 Å². The maximum absolute atomic E-state index is 5.06. The van der Waals surface area contributed by atoms with E-state index in [-0.39, 0.29) is 0 Å². The summed E-state index contributed by atoms with van der Waals surface area (Å²) < 4.78 is 9.11. The molecule has 0 aliphatic heterocycles. The molecule has 2 aromatic rings. The Morgan fingerprint density at radius 1 is 1.21 bits per heavy atom. The lowest BCUT2D eigenvalue weighted by molar-refractivity contribution is 0.190. The SMILES string of the molecule is COCCCn1ccnc1NCCCn1cccn1. The van der Waals surface area contributed by atoms with E-state index < -0.39 is 0 Å². The van der Waals surface area contributed by atoms with Crippen LogP contribution in [0.4, 0.5) is 5.95 Å². The molecule has 2 aromatic heterocycles. The van der Waals surface area contributed by atoms with E-state index in [9.17, 15) is 0 Å². The van der Waals surface area contributed by atoms with Crippen LogP contribution in [0.1, 0.15) is 12.8 Å². The fourth-order valence-electron chi connectivity index (χ4n) is 1.91. The van der Waals surface area contributed by atoms with Crippen molar-refractivity contribution in [1.29, 1.82) is 0 Å². The van der Waals surface area contributed by atoms with Gasteiger partial charge in [-0.25, -0.2) is 4.98 Å². The molecule has 0 aliphatic carbocycles. The Morgan fingerprint density at radius 3 is 2.95 bits per heavy atom. The van der Waals surface area contributed by atoms with E-state index in [4.69, 9.17) is 4.74 Å². The monoisotopic (exact) mass is 263 g/mol. The first-order valence-corrected chi connectivity index (χ1v) is 6.61. The second-order valence-electron chi connectivity index (χ2n) is 4.34. The Hall–Kier alpha value is -1.82. The Bertz CT molecular complexity index is 451. The molecule has 19 heavy (non-hydrogen) atoms. The lowest BCUT2D eigenvalue weighted by Gasteiger charge is -2.09. The van der Waals surface area contributed by atoms with Crippen LogP contribution in [0.2, 0.25) is 0 Å². The van der Waals surface area contributed by atoms with Gasteiger partial charge in [-0.15, -0.1) is 0 Å². The van der Waals surface area contributed by atoms with Crippen molar-refractivity contribution in [3.05, 3.63) is 30.9 Å². The molecule has 0 fully saturated rings. The molecule has 1 N–H and O–H groups in total. The molecule has 0 aliphatic rings. The van der Waals surface area contributed by atoms with E-state index in [0.717, 1.165) is 45.0 Å². The number of aromatic nitrogens is 4. The molecule has 2 heterocycles. The smallest absolute Gasteiger partial charge is 0.202 e. The first-order valence-electron chi connectivity index (χ1n) is 6.61. The molecular weight excluding hydrogens is 242 g/mol. The summed E-state index contributed by atoms with van der Waals surface area (Å²) >= 11 is 0. The zero-order chi connectivity index (χ0) is 13.3. The van der Waals surface area contributed by atoms with Crippen LogP contribution in [0.25, 0.3) is 0 Å². The standard InChI is InChI=1S/C13H21N5O/c1-19-12-4-8-17-11-7-15-13(17)14-5-2-9-18-10-3-6-16-18/h3,6-7,10-11H,2,4-5,8-9,12H2,1H3,(H,14,15). The third-order valence-electron chi connectivity index (χ3n) is 2.87. The van der Waals surface area contributed by atoms with Gasteiger partial charge < -0.3 is 14.6 Å². The molecule has 0 atom stereocenters. The summed E-state index contributed by atoms with van der Waals surface area (Å²) in [7, 11) is 1.72. The van der Waals surface area contributed by atoms with Gasteiger partial charge in [-0.1, -0.05) is 0 Å². The van der Waals surface area contributed by atoms with Crippen LogP contribution in [-0.4, -0.2) is 39.6 Å². The summed E-state index contributed by atoms with van der Waals surface area (Å²) in [5.41, 5.74) is 0. The van der Waals surface area contributed by atoms with Crippen molar-refractivity contribution in [2.45, 2.75) is 25.9 Å². The van der Waals surface area contributed by atoms with Gasteiger partial charge in [0.05, 0.1) is 0 Å². The lowest BCUT2D eigenvalue weighted by Crippen LogP contribution is -2.11. The molecule has 104 valence electrons. The fourth-order valence-corrected chi connectivity index (χ4v) is 1.91. The fraction of sp³-hybridized carbons (Fsp3) is 0.538. The highest BCUT2D eigenvalue weighted by atomic mass is 16.5. The molecule has 0 unspecified atom stereocenters. The van der Waals surface area contributed by atoms with Gasteiger partial charge in [-0.3, -0.25) is 4.68 Å².